The average molecular weight is 716 g/mol. The summed E-state index contributed by atoms with van der Waals surface area (Å²) in [5.41, 5.74) is -2.53. The van der Waals surface area contributed by atoms with E-state index < -0.39 is 60.6 Å². The average Bonchev–Trinajstić information content (AvgIpc) is 3.07. The molecule has 0 unspecified atom stereocenters. The van der Waals surface area contributed by atoms with E-state index in [1.807, 2.05) is 0 Å². The molecule has 1 rings (SSSR count). The van der Waals surface area contributed by atoms with Crippen molar-refractivity contribution in [2.24, 2.45) is 5.92 Å². The van der Waals surface area contributed by atoms with E-state index in [1.165, 1.54) is 12.5 Å². The Balaban J connectivity index is 3.03. The van der Waals surface area contributed by atoms with E-state index in [0.717, 1.165) is 57.9 Å². The van der Waals surface area contributed by atoms with Crippen molar-refractivity contribution < 1.29 is 58.3 Å². The Hall–Kier alpha value is -4.70. The Morgan fingerprint density at radius 1 is 0.902 bits per heavy atom. The Kier molecular flexibility index (Phi) is 22.0. The second kappa shape index (κ2) is 25.3. The van der Waals surface area contributed by atoms with Crippen molar-refractivity contribution in [1.82, 2.24) is 5.32 Å². The molecular weight excluding hydrogens is 662 g/mol. The lowest BCUT2D eigenvalue weighted by atomic mass is 9.82. The molecule has 0 aliphatic carbocycles. The Morgan fingerprint density at radius 2 is 1.53 bits per heavy atom. The van der Waals surface area contributed by atoms with Gasteiger partial charge in [-0.2, -0.15) is 0 Å². The van der Waals surface area contributed by atoms with Crippen LogP contribution in [0.3, 0.4) is 0 Å². The van der Waals surface area contributed by atoms with Crippen molar-refractivity contribution in [3.63, 3.8) is 0 Å². The molecule has 0 saturated heterocycles. The number of esters is 2. The molecule has 3 atom stereocenters. The number of carboxylic acid groups (broad SMARTS) is 2. The number of carboxylic acids is 2. The van der Waals surface area contributed by atoms with Gasteiger partial charge >= 0.3 is 23.9 Å². The molecule has 282 valence electrons. The number of aliphatic carboxylic acids is 2. The first kappa shape index (κ1) is 44.3. The molecule has 0 spiro atoms. The van der Waals surface area contributed by atoms with Crippen molar-refractivity contribution in [3.05, 3.63) is 42.0 Å². The smallest absolute Gasteiger partial charge is 0.337 e. The van der Waals surface area contributed by atoms with E-state index in [-0.39, 0.29) is 18.8 Å². The number of nitrogens with one attached hydrogen (secondary N) is 1. The first-order chi connectivity index (χ1) is 24.3. The second-order valence-electron chi connectivity index (χ2n) is 12.2. The van der Waals surface area contributed by atoms with Crippen LogP contribution in [0.4, 0.5) is 0 Å². The predicted octanol–water partition coefficient (Wildman–Crippen LogP) is 4.91. The van der Waals surface area contributed by atoms with Gasteiger partial charge in [-0.25, -0.2) is 9.59 Å². The monoisotopic (exact) mass is 715 g/mol. The number of rotatable bonds is 27. The molecule has 1 aromatic carbocycles. The predicted molar refractivity (Wildman–Crippen MR) is 187 cm³/mol. The minimum Gasteiger partial charge on any atom is -0.481 e. The number of Topliss-reactive ketones (excluding diaryl/α,β-unsaturated/α-hetero) is 1. The number of ketones is 1. The standard InChI is InChI=1S/C38H53NO12/c1-4-6-8-11-14-17-30(41)18-15-12-9-10-13-16-19-32(38(48,37(46)47)26-34(42)43)35(44)39-33(36(45)51-27-50-28(3)40)25-29-20-22-31(23-21-29)49-24-7-5-2/h16,19-23,32-33,48H,4,6,8-15,17-18,24-27H2,1-3H3,(H,39,44)(H,42,43)(H,46,47)/b19-16+/t32-,33+,38+/m1/s1. The summed E-state index contributed by atoms with van der Waals surface area (Å²) >= 11 is 0. The van der Waals surface area contributed by atoms with Crippen LogP contribution < -0.4 is 10.1 Å². The molecular formula is C38H53NO12. The fourth-order valence-corrected chi connectivity index (χ4v) is 5.11. The maximum absolute atomic E-state index is 13.6. The number of amides is 1. The SMILES string of the molecule is CC#CCOc1ccc(C[C@H](NC(=O)[C@@H](/C=C/CCCCCCC(=O)CCCCCCC)[C@@](O)(CC(=O)O)C(=O)O)C(=O)OCOC(C)=O)cc1. The molecule has 0 saturated carbocycles. The summed E-state index contributed by atoms with van der Waals surface area (Å²) in [6.45, 7) is 4.33. The van der Waals surface area contributed by atoms with Crippen LogP contribution in [0.15, 0.2) is 36.4 Å². The number of carbonyl (C=O) groups is 6. The van der Waals surface area contributed by atoms with Crippen LogP contribution in [0.1, 0.15) is 110 Å². The lowest BCUT2D eigenvalue weighted by Gasteiger charge is -2.29. The largest absolute Gasteiger partial charge is 0.481 e. The summed E-state index contributed by atoms with van der Waals surface area (Å²) in [7, 11) is 0. The summed E-state index contributed by atoms with van der Waals surface area (Å²) in [4.78, 5) is 73.7. The van der Waals surface area contributed by atoms with Crippen LogP contribution in [0.2, 0.25) is 0 Å². The Bertz CT molecular complexity index is 1360. The molecule has 0 fully saturated rings. The number of ether oxygens (including phenoxy) is 3. The van der Waals surface area contributed by atoms with Crippen molar-refractivity contribution in [2.45, 2.75) is 122 Å². The van der Waals surface area contributed by atoms with Gasteiger partial charge in [-0.3, -0.25) is 19.2 Å². The van der Waals surface area contributed by atoms with E-state index in [0.29, 0.717) is 37.0 Å². The van der Waals surface area contributed by atoms with Gasteiger partial charge in [0.15, 0.2) is 5.60 Å². The zero-order chi connectivity index (χ0) is 38.1. The van der Waals surface area contributed by atoms with Crippen LogP contribution in [0, 0.1) is 17.8 Å². The number of carbonyl (C=O) groups excluding carboxylic acids is 4. The zero-order valence-electron chi connectivity index (χ0n) is 29.9. The first-order valence-corrected chi connectivity index (χ1v) is 17.4. The number of unbranched alkanes of at least 4 members (excludes halogenated alkanes) is 8. The summed E-state index contributed by atoms with van der Waals surface area (Å²) < 4.78 is 15.1. The Morgan fingerprint density at radius 3 is 2.10 bits per heavy atom. The van der Waals surface area contributed by atoms with E-state index in [4.69, 9.17) is 9.47 Å². The van der Waals surface area contributed by atoms with Crippen LogP contribution in [-0.4, -0.2) is 75.9 Å². The lowest BCUT2D eigenvalue weighted by Crippen LogP contribution is -2.55. The highest BCUT2D eigenvalue weighted by molar-refractivity contribution is 5.94. The summed E-state index contributed by atoms with van der Waals surface area (Å²) in [6, 6.07) is 5.01. The van der Waals surface area contributed by atoms with Crippen LogP contribution in [-0.2, 0) is 44.7 Å². The van der Waals surface area contributed by atoms with Crippen LogP contribution in [0.5, 0.6) is 5.75 Å². The second-order valence-corrected chi connectivity index (χ2v) is 12.2. The molecule has 0 aromatic heterocycles. The van der Waals surface area contributed by atoms with Crippen LogP contribution >= 0.6 is 0 Å². The van der Waals surface area contributed by atoms with Gasteiger partial charge in [-0.15, -0.1) is 5.92 Å². The highest BCUT2D eigenvalue weighted by Gasteiger charge is 2.49. The zero-order valence-corrected chi connectivity index (χ0v) is 29.9. The maximum atomic E-state index is 13.6. The van der Waals surface area contributed by atoms with E-state index in [2.05, 4.69) is 28.8 Å². The lowest BCUT2D eigenvalue weighted by molar-refractivity contribution is -0.173. The fraction of sp³-hybridized carbons (Fsp3) is 0.579. The van der Waals surface area contributed by atoms with Crippen molar-refractivity contribution in [1.29, 1.82) is 0 Å². The van der Waals surface area contributed by atoms with E-state index in [1.54, 1.807) is 31.2 Å². The van der Waals surface area contributed by atoms with Gasteiger partial charge in [0.05, 0.1) is 12.3 Å². The van der Waals surface area contributed by atoms with Gasteiger partial charge in [0.1, 0.15) is 24.2 Å². The van der Waals surface area contributed by atoms with E-state index in [9.17, 15) is 44.1 Å². The highest BCUT2D eigenvalue weighted by atomic mass is 16.7. The molecule has 51 heavy (non-hydrogen) atoms. The number of benzene rings is 1. The molecule has 0 bridgehead atoms. The third kappa shape index (κ3) is 18.8. The quantitative estimate of drug-likeness (QED) is 0.0316. The molecule has 13 nitrogen and oxygen atoms in total. The number of hydrogen-bond acceptors (Lipinski definition) is 10. The summed E-state index contributed by atoms with van der Waals surface area (Å²) in [5.74, 6) is -2.20. The van der Waals surface area contributed by atoms with Gasteiger partial charge in [0, 0.05) is 26.2 Å². The van der Waals surface area contributed by atoms with Gasteiger partial charge in [0.2, 0.25) is 12.7 Å². The van der Waals surface area contributed by atoms with Crippen molar-refractivity contribution >= 4 is 35.6 Å². The number of aliphatic hydroxyl groups is 1. The summed E-state index contributed by atoms with van der Waals surface area (Å²) in [5, 5.41) is 32.7. The minimum absolute atomic E-state index is 0.162. The third-order valence-electron chi connectivity index (χ3n) is 7.97. The molecule has 0 heterocycles. The molecule has 0 aliphatic rings. The topological polar surface area (TPSA) is 203 Å². The van der Waals surface area contributed by atoms with Gasteiger partial charge in [0.25, 0.3) is 0 Å². The maximum Gasteiger partial charge on any atom is 0.337 e. The van der Waals surface area contributed by atoms with Gasteiger partial charge < -0.3 is 34.8 Å². The van der Waals surface area contributed by atoms with Crippen molar-refractivity contribution in [2.75, 3.05) is 13.4 Å². The molecule has 1 amide bonds. The third-order valence-corrected chi connectivity index (χ3v) is 7.97. The molecule has 4 N–H and O–H groups in total. The molecule has 13 heteroatoms. The van der Waals surface area contributed by atoms with Gasteiger partial charge in [-0.05, 0) is 50.3 Å². The number of allylic oxidation sites excluding steroid dienone is 1. The molecule has 0 aliphatic heterocycles. The first-order valence-electron chi connectivity index (χ1n) is 17.4. The Labute approximate surface area is 300 Å². The fourth-order valence-electron chi connectivity index (χ4n) is 5.11. The van der Waals surface area contributed by atoms with Crippen molar-refractivity contribution in [3.8, 4) is 17.6 Å². The molecule has 0 radical (unpaired) electrons. The van der Waals surface area contributed by atoms with Crippen LogP contribution in [0.25, 0.3) is 0 Å². The molecule has 1 aromatic rings. The highest BCUT2D eigenvalue weighted by Crippen LogP contribution is 2.26. The minimum atomic E-state index is -3.06. The normalized spacial score (nSPS) is 13.2. The van der Waals surface area contributed by atoms with E-state index >= 15 is 0 Å². The summed E-state index contributed by atoms with van der Waals surface area (Å²) in [6.07, 6.45) is 11.0. The number of hydrogen-bond donors (Lipinski definition) is 4. The van der Waals surface area contributed by atoms with Gasteiger partial charge in [-0.1, -0.05) is 75.7 Å².